The van der Waals surface area contributed by atoms with Crippen LogP contribution in [0.15, 0.2) is 35.5 Å². The molecule has 5 heteroatoms. The zero-order chi connectivity index (χ0) is 13.1. The van der Waals surface area contributed by atoms with Crippen molar-refractivity contribution < 1.29 is 9.94 Å². The van der Waals surface area contributed by atoms with Crippen molar-refractivity contribution in [3.05, 3.63) is 41.6 Å². The Bertz CT molecular complexity index is 573. The molecule has 0 fully saturated rings. The normalized spacial score (nSPS) is 11.6. The van der Waals surface area contributed by atoms with E-state index in [1.807, 2.05) is 37.3 Å². The van der Waals surface area contributed by atoms with Gasteiger partial charge in [-0.3, -0.25) is 0 Å². The van der Waals surface area contributed by atoms with Gasteiger partial charge in [0.05, 0.1) is 17.0 Å². The maximum absolute atomic E-state index is 8.91. The molecule has 1 heterocycles. The minimum Gasteiger partial charge on any atom is -0.439 e. The molecule has 0 amide bonds. The number of aryl methyl sites for hydroxylation is 2. The third-order valence-corrected chi connectivity index (χ3v) is 2.64. The lowest BCUT2D eigenvalue weighted by molar-refractivity contribution is 0.318. The summed E-state index contributed by atoms with van der Waals surface area (Å²) >= 11 is 0. The molecule has 1 N–H and O–H groups in total. The third-order valence-electron chi connectivity index (χ3n) is 2.64. The van der Waals surface area contributed by atoms with E-state index >= 15 is 0 Å². The first kappa shape index (κ1) is 12.2. The van der Waals surface area contributed by atoms with Crippen LogP contribution >= 0.6 is 0 Å². The topological polar surface area (TPSA) is 59.6 Å². The first-order valence-electron chi connectivity index (χ1n) is 5.59. The largest absolute Gasteiger partial charge is 0.439 e. The fourth-order valence-corrected chi connectivity index (χ4v) is 1.82. The van der Waals surface area contributed by atoms with Crippen LogP contribution < -0.4 is 4.74 Å². The summed E-state index contributed by atoms with van der Waals surface area (Å²) in [5.74, 6) is 1.28. The monoisotopic (exact) mass is 245 g/mol. The predicted octanol–water partition coefficient (Wildman–Crippen LogP) is 2.72. The molecule has 0 saturated heterocycles. The first-order valence-corrected chi connectivity index (χ1v) is 5.59. The number of ether oxygens (including phenoxy) is 1. The quantitative estimate of drug-likeness (QED) is 0.514. The summed E-state index contributed by atoms with van der Waals surface area (Å²) < 4.78 is 7.42. The summed E-state index contributed by atoms with van der Waals surface area (Å²) in [5.41, 5.74) is 1.95. The van der Waals surface area contributed by atoms with E-state index < -0.39 is 0 Å². The van der Waals surface area contributed by atoms with Gasteiger partial charge in [-0.25, -0.2) is 4.68 Å². The van der Waals surface area contributed by atoms with Crippen LogP contribution in [0.3, 0.4) is 0 Å². The van der Waals surface area contributed by atoms with E-state index in [0.29, 0.717) is 22.9 Å². The number of benzene rings is 1. The van der Waals surface area contributed by atoms with Gasteiger partial charge in [-0.2, -0.15) is 5.10 Å². The third kappa shape index (κ3) is 2.20. The van der Waals surface area contributed by atoms with Crippen LogP contribution in [0, 0.1) is 6.92 Å². The Balaban J connectivity index is 2.45. The lowest BCUT2D eigenvalue weighted by Gasteiger charge is -2.07. The lowest BCUT2D eigenvalue weighted by Crippen LogP contribution is -2.00. The van der Waals surface area contributed by atoms with E-state index in [-0.39, 0.29) is 0 Å². The Morgan fingerprint density at radius 3 is 2.61 bits per heavy atom. The molecule has 1 aromatic heterocycles. The second kappa shape index (κ2) is 4.91. The molecule has 0 bridgehead atoms. The van der Waals surface area contributed by atoms with Crippen LogP contribution in [0.25, 0.3) is 0 Å². The Morgan fingerprint density at radius 1 is 1.33 bits per heavy atom. The molecular formula is C13H15N3O2. The molecule has 5 nitrogen and oxygen atoms in total. The molecule has 0 atom stereocenters. The van der Waals surface area contributed by atoms with E-state index in [9.17, 15) is 0 Å². The minimum absolute atomic E-state index is 0.478. The highest BCUT2D eigenvalue weighted by molar-refractivity contribution is 6.01. The van der Waals surface area contributed by atoms with Crippen molar-refractivity contribution in [3.63, 3.8) is 0 Å². The molecular weight excluding hydrogens is 230 g/mol. The standard InChI is InChI=1S/C13H15N3O2/c1-9-12(10(2)15-17)13(16(3)14-9)18-11-7-5-4-6-8-11/h4-8,17H,1-3H3/b15-10+. The highest BCUT2D eigenvalue weighted by Crippen LogP contribution is 2.27. The molecule has 0 aliphatic carbocycles. The molecule has 0 spiro atoms. The average Bonchev–Trinajstić information content (AvgIpc) is 2.65. The summed E-state index contributed by atoms with van der Waals surface area (Å²) in [6.07, 6.45) is 0. The number of hydrogen-bond donors (Lipinski definition) is 1. The van der Waals surface area contributed by atoms with Crippen molar-refractivity contribution in [2.45, 2.75) is 13.8 Å². The molecule has 0 unspecified atom stereocenters. The van der Waals surface area contributed by atoms with Gasteiger partial charge in [0.1, 0.15) is 5.75 Å². The van der Waals surface area contributed by atoms with E-state index in [2.05, 4.69) is 10.3 Å². The van der Waals surface area contributed by atoms with Crippen LogP contribution in [-0.2, 0) is 7.05 Å². The van der Waals surface area contributed by atoms with Gasteiger partial charge < -0.3 is 9.94 Å². The first-order chi connectivity index (χ1) is 8.63. The minimum atomic E-state index is 0.478. The molecule has 0 aliphatic heterocycles. The number of para-hydroxylation sites is 1. The number of nitrogens with zero attached hydrogens (tertiary/aromatic N) is 3. The molecule has 0 saturated carbocycles. The number of hydrogen-bond acceptors (Lipinski definition) is 4. The molecule has 2 aromatic rings. The molecule has 0 aliphatic rings. The van der Waals surface area contributed by atoms with Crippen molar-refractivity contribution in [2.75, 3.05) is 0 Å². The molecule has 1 aromatic carbocycles. The van der Waals surface area contributed by atoms with E-state index in [1.54, 1.807) is 18.7 Å². The lowest BCUT2D eigenvalue weighted by atomic mass is 10.2. The summed E-state index contributed by atoms with van der Waals surface area (Å²) in [7, 11) is 1.79. The number of aromatic nitrogens is 2. The fraction of sp³-hybridized carbons (Fsp3) is 0.231. The molecule has 18 heavy (non-hydrogen) atoms. The van der Waals surface area contributed by atoms with Gasteiger partial charge in [0.25, 0.3) is 0 Å². The second-order valence-corrected chi connectivity index (χ2v) is 3.99. The SMILES string of the molecule is C/C(=N\O)c1c(C)nn(C)c1Oc1ccccc1. The fourth-order valence-electron chi connectivity index (χ4n) is 1.82. The highest BCUT2D eigenvalue weighted by Gasteiger charge is 2.18. The second-order valence-electron chi connectivity index (χ2n) is 3.99. The van der Waals surface area contributed by atoms with Crippen LogP contribution in [-0.4, -0.2) is 20.7 Å². The van der Waals surface area contributed by atoms with Crippen molar-refractivity contribution >= 4 is 5.71 Å². The summed E-state index contributed by atoms with van der Waals surface area (Å²) in [5, 5.41) is 16.4. The molecule has 94 valence electrons. The Hall–Kier alpha value is -2.30. The van der Waals surface area contributed by atoms with Crippen LogP contribution in [0.5, 0.6) is 11.6 Å². The van der Waals surface area contributed by atoms with E-state index in [0.717, 1.165) is 5.69 Å². The maximum Gasteiger partial charge on any atom is 0.227 e. The van der Waals surface area contributed by atoms with Crippen molar-refractivity contribution in [1.29, 1.82) is 0 Å². The van der Waals surface area contributed by atoms with Gasteiger partial charge in [0, 0.05) is 7.05 Å². The number of rotatable bonds is 3. The van der Waals surface area contributed by atoms with Gasteiger partial charge in [0.2, 0.25) is 5.88 Å². The van der Waals surface area contributed by atoms with Gasteiger partial charge in [0.15, 0.2) is 0 Å². The summed E-state index contributed by atoms with van der Waals surface area (Å²) in [6.45, 7) is 3.56. The molecule has 0 radical (unpaired) electrons. The van der Waals surface area contributed by atoms with Crippen molar-refractivity contribution in [3.8, 4) is 11.6 Å². The van der Waals surface area contributed by atoms with E-state index in [1.165, 1.54) is 0 Å². The van der Waals surface area contributed by atoms with Crippen LogP contribution in [0.4, 0.5) is 0 Å². The predicted molar refractivity (Wildman–Crippen MR) is 68.5 cm³/mol. The van der Waals surface area contributed by atoms with Crippen molar-refractivity contribution in [2.24, 2.45) is 12.2 Å². The van der Waals surface area contributed by atoms with Crippen LogP contribution in [0.1, 0.15) is 18.2 Å². The van der Waals surface area contributed by atoms with Gasteiger partial charge in [-0.1, -0.05) is 23.4 Å². The Labute approximate surface area is 105 Å². The van der Waals surface area contributed by atoms with Crippen molar-refractivity contribution in [1.82, 2.24) is 9.78 Å². The summed E-state index contributed by atoms with van der Waals surface area (Å²) in [4.78, 5) is 0. The zero-order valence-corrected chi connectivity index (χ0v) is 10.6. The highest BCUT2D eigenvalue weighted by atomic mass is 16.5. The zero-order valence-electron chi connectivity index (χ0n) is 10.6. The van der Waals surface area contributed by atoms with E-state index in [4.69, 9.17) is 9.94 Å². The van der Waals surface area contributed by atoms with Gasteiger partial charge >= 0.3 is 0 Å². The van der Waals surface area contributed by atoms with Gasteiger partial charge in [-0.15, -0.1) is 0 Å². The smallest absolute Gasteiger partial charge is 0.227 e. The summed E-state index contributed by atoms with van der Waals surface area (Å²) in [6, 6.07) is 9.42. The van der Waals surface area contributed by atoms with Crippen LogP contribution in [0.2, 0.25) is 0 Å². The Kier molecular flexibility index (Phi) is 3.32. The Morgan fingerprint density at radius 2 is 2.00 bits per heavy atom. The maximum atomic E-state index is 8.91. The number of oxime groups is 1. The average molecular weight is 245 g/mol. The van der Waals surface area contributed by atoms with Gasteiger partial charge in [-0.05, 0) is 26.0 Å². The molecule has 2 rings (SSSR count).